The number of carbonyl (C=O) groups is 1. The molecule has 1 aliphatic rings. The average Bonchev–Trinajstić information content (AvgIpc) is 2.83. The zero-order chi connectivity index (χ0) is 11.4. The van der Waals surface area contributed by atoms with Crippen LogP contribution in [0.5, 0.6) is 0 Å². The molecule has 0 radical (unpaired) electrons. The van der Waals surface area contributed by atoms with E-state index in [0.29, 0.717) is 12.4 Å². The van der Waals surface area contributed by atoms with Gasteiger partial charge in [-0.05, 0) is 19.8 Å². The maximum atomic E-state index is 11.8. The summed E-state index contributed by atoms with van der Waals surface area (Å²) in [5.74, 6) is 0.435. The molecule has 1 fully saturated rings. The number of hydrogen-bond donors (Lipinski definition) is 2. The highest BCUT2D eigenvalue weighted by Gasteiger charge is 2.24. The van der Waals surface area contributed by atoms with Crippen molar-refractivity contribution in [1.82, 2.24) is 25.9 Å². The Morgan fingerprint density at radius 2 is 2.56 bits per heavy atom. The Morgan fingerprint density at radius 1 is 1.69 bits per heavy atom. The first-order valence-electron chi connectivity index (χ1n) is 5.39. The number of nitrogens with one attached hydrogen (secondary N) is 2. The molecule has 1 aliphatic heterocycles. The van der Waals surface area contributed by atoms with Gasteiger partial charge >= 0.3 is 0 Å². The maximum absolute atomic E-state index is 11.8. The van der Waals surface area contributed by atoms with Gasteiger partial charge in [-0.15, -0.1) is 10.2 Å². The lowest BCUT2D eigenvalue weighted by atomic mass is 10.0. The molecule has 2 N–H and O–H groups in total. The minimum atomic E-state index is -0.229. The predicted molar refractivity (Wildman–Crippen MR) is 54.3 cm³/mol. The lowest BCUT2D eigenvalue weighted by Gasteiger charge is -2.22. The Balaban J connectivity index is 1.86. The van der Waals surface area contributed by atoms with Gasteiger partial charge in [-0.3, -0.25) is 4.79 Å². The molecule has 2 rings (SSSR count). The van der Waals surface area contributed by atoms with E-state index in [9.17, 15) is 4.79 Å². The molecule has 0 bridgehead atoms. The molecule has 2 heterocycles. The lowest BCUT2D eigenvalue weighted by Crippen LogP contribution is -2.37. The second-order valence-corrected chi connectivity index (χ2v) is 3.91. The fraction of sp³-hybridized carbons (Fsp3) is 0.778. The minimum absolute atomic E-state index is 0.00278. The van der Waals surface area contributed by atoms with Crippen LogP contribution in [-0.4, -0.2) is 39.7 Å². The maximum Gasteiger partial charge on any atom is 0.226 e. The third kappa shape index (κ3) is 2.54. The van der Waals surface area contributed by atoms with Crippen LogP contribution < -0.4 is 5.32 Å². The van der Waals surface area contributed by atoms with E-state index in [1.54, 1.807) is 0 Å². The van der Waals surface area contributed by atoms with Crippen LogP contribution in [0.3, 0.4) is 0 Å². The first-order valence-corrected chi connectivity index (χ1v) is 5.39. The normalized spacial score (nSPS) is 22.7. The molecule has 0 aliphatic carbocycles. The molecule has 0 saturated carbocycles. The third-order valence-corrected chi connectivity index (χ3v) is 2.64. The highest BCUT2D eigenvalue weighted by molar-refractivity contribution is 5.79. The molecule has 16 heavy (non-hydrogen) atoms. The van der Waals surface area contributed by atoms with Crippen LogP contribution in [0, 0.1) is 5.92 Å². The summed E-state index contributed by atoms with van der Waals surface area (Å²) in [7, 11) is 0. The number of amides is 1. The summed E-state index contributed by atoms with van der Waals surface area (Å²) in [6.45, 7) is 3.08. The van der Waals surface area contributed by atoms with E-state index in [1.165, 1.54) is 0 Å². The van der Waals surface area contributed by atoms with Crippen LogP contribution in [0.4, 0.5) is 0 Å². The number of rotatable bonds is 3. The Kier molecular flexibility index (Phi) is 3.45. The molecule has 1 amide bonds. The largest absolute Gasteiger partial charge is 0.381 e. The first-order chi connectivity index (χ1) is 7.77. The van der Waals surface area contributed by atoms with Crippen molar-refractivity contribution in [2.75, 3.05) is 13.2 Å². The molecule has 1 saturated heterocycles. The molecule has 0 spiro atoms. The van der Waals surface area contributed by atoms with Crippen molar-refractivity contribution in [1.29, 1.82) is 0 Å². The van der Waals surface area contributed by atoms with E-state index in [0.717, 1.165) is 19.4 Å². The second kappa shape index (κ2) is 5.02. The SMILES string of the molecule is CC(NC(=O)C1CCCOC1)c1nn[nH]n1. The Bertz CT molecular complexity index is 334. The van der Waals surface area contributed by atoms with Crippen LogP contribution in [0.2, 0.25) is 0 Å². The number of H-pyrrole nitrogens is 1. The van der Waals surface area contributed by atoms with Gasteiger partial charge < -0.3 is 10.1 Å². The van der Waals surface area contributed by atoms with Gasteiger partial charge in [0.25, 0.3) is 0 Å². The van der Waals surface area contributed by atoms with Crippen molar-refractivity contribution in [2.24, 2.45) is 5.92 Å². The number of hydrogen-bond acceptors (Lipinski definition) is 5. The Hall–Kier alpha value is -1.50. The summed E-state index contributed by atoms with van der Waals surface area (Å²) in [4.78, 5) is 11.8. The second-order valence-electron chi connectivity index (χ2n) is 3.91. The van der Waals surface area contributed by atoms with E-state index < -0.39 is 0 Å². The Labute approximate surface area is 92.9 Å². The van der Waals surface area contributed by atoms with Gasteiger partial charge in [-0.25, -0.2) is 0 Å². The number of carbonyl (C=O) groups excluding carboxylic acids is 1. The highest BCUT2D eigenvalue weighted by Crippen LogP contribution is 2.15. The van der Waals surface area contributed by atoms with Gasteiger partial charge in [-0.1, -0.05) is 5.21 Å². The number of aromatic nitrogens is 4. The summed E-state index contributed by atoms with van der Waals surface area (Å²) < 4.78 is 5.26. The molecular weight excluding hydrogens is 210 g/mol. The van der Waals surface area contributed by atoms with E-state index >= 15 is 0 Å². The number of aromatic amines is 1. The molecule has 88 valence electrons. The number of tetrazole rings is 1. The van der Waals surface area contributed by atoms with Gasteiger partial charge in [0.05, 0.1) is 18.6 Å². The van der Waals surface area contributed by atoms with Gasteiger partial charge in [0, 0.05) is 6.61 Å². The van der Waals surface area contributed by atoms with Crippen molar-refractivity contribution in [3.63, 3.8) is 0 Å². The molecular formula is C9H15N5O2. The lowest BCUT2D eigenvalue weighted by molar-refractivity contribution is -0.129. The molecule has 1 aromatic heterocycles. The smallest absolute Gasteiger partial charge is 0.226 e. The quantitative estimate of drug-likeness (QED) is 0.743. The number of nitrogens with zero attached hydrogens (tertiary/aromatic N) is 3. The van der Waals surface area contributed by atoms with Crippen LogP contribution >= 0.6 is 0 Å². The van der Waals surface area contributed by atoms with Crippen molar-refractivity contribution in [3.8, 4) is 0 Å². The van der Waals surface area contributed by atoms with Crippen molar-refractivity contribution >= 4 is 5.91 Å². The molecule has 0 aromatic carbocycles. The zero-order valence-electron chi connectivity index (χ0n) is 9.14. The summed E-state index contributed by atoms with van der Waals surface area (Å²) in [5, 5.41) is 16.3. The highest BCUT2D eigenvalue weighted by atomic mass is 16.5. The fourth-order valence-electron chi connectivity index (χ4n) is 1.70. The average molecular weight is 225 g/mol. The van der Waals surface area contributed by atoms with Crippen LogP contribution in [0.25, 0.3) is 0 Å². The van der Waals surface area contributed by atoms with Crippen molar-refractivity contribution in [2.45, 2.75) is 25.8 Å². The summed E-state index contributed by atoms with van der Waals surface area (Å²) >= 11 is 0. The summed E-state index contributed by atoms with van der Waals surface area (Å²) in [5.41, 5.74) is 0. The molecule has 7 nitrogen and oxygen atoms in total. The summed E-state index contributed by atoms with van der Waals surface area (Å²) in [6, 6.07) is -0.229. The topological polar surface area (TPSA) is 92.8 Å². The molecule has 2 atom stereocenters. The van der Waals surface area contributed by atoms with Crippen LogP contribution in [0.1, 0.15) is 31.6 Å². The summed E-state index contributed by atoms with van der Waals surface area (Å²) in [6.07, 6.45) is 1.82. The standard InChI is InChI=1S/C9H15N5O2/c1-6(8-11-13-14-12-8)10-9(15)7-3-2-4-16-5-7/h6-7H,2-5H2,1H3,(H,10,15)(H,11,12,13,14). The Morgan fingerprint density at radius 3 is 3.19 bits per heavy atom. The van der Waals surface area contributed by atoms with E-state index in [2.05, 4.69) is 25.9 Å². The van der Waals surface area contributed by atoms with Gasteiger partial charge in [-0.2, -0.15) is 5.21 Å². The number of ether oxygens (including phenoxy) is 1. The van der Waals surface area contributed by atoms with E-state index in [-0.39, 0.29) is 17.9 Å². The molecule has 2 unspecified atom stereocenters. The third-order valence-electron chi connectivity index (χ3n) is 2.64. The molecule has 7 heteroatoms. The van der Waals surface area contributed by atoms with Gasteiger partial charge in [0.1, 0.15) is 0 Å². The van der Waals surface area contributed by atoms with Crippen molar-refractivity contribution < 1.29 is 9.53 Å². The van der Waals surface area contributed by atoms with Gasteiger partial charge in [0.2, 0.25) is 5.91 Å². The molecule has 1 aromatic rings. The minimum Gasteiger partial charge on any atom is -0.381 e. The van der Waals surface area contributed by atoms with E-state index in [1.807, 2.05) is 6.92 Å². The first kappa shape index (κ1) is 11.0. The van der Waals surface area contributed by atoms with Crippen molar-refractivity contribution in [3.05, 3.63) is 5.82 Å². The van der Waals surface area contributed by atoms with Crippen LogP contribution in [-0.2, 0) is 9.53 Å². The van der Waals surface area contributed by atoms with E-state index in [4.69, 9.17) is 4.74 Å². The predicted octanol–water partition coefficient (Wildman–Crippen LogP) is -0.197. The monoisotopic (exact) mass is 225 g/mol. The van der Waals surface area contributed by atoms with Crippen LogP contribution in [0.15, 0.2) is 0 Å². The fourth-order valence-corrected chi connectivity index (χ4v) is 1.70. The zero-order valence-corrected chi connectivity index (χ0v) is 9.14. The van der Waals surface area contributed by atoms with Gasteiger partial charge in [0.15, 0.2) is 5.82 Å².